The number of benzene rings is 3. The van der Waals surface area contributed by atoms with Gasteiger partial charge in [-0.05, 0) is 66.2 Å². The molecular weight excluding hydrogens is 485 g/mol. The van der Waals surface area contributed by atoms with Crippen LogP contribution in [0.3, 0.4) is 0 Å². The van der Waals surface area contributed by atoms with E-state index in [1.807, 2.05) is 43.3 Å². The second-order valence-corrected chi connectivity index (χ2v) is 8.92. The molecule has 3 aromatic rings. The highest BCUT2D eigenvalue weighted by Gasteiger charge is 2.33. The largest absolute Gasteiger partial charge is 0.489 e. The summed E-state index contributed by atoms with van der Waals surface area (Å²) in [5, 5.41) is 2.34. The lowest BCUT2D eigenvalue weighted by molar-refractivity contribution is -0.137. The van der Waals surface area contributed by atoms with Gasteiger partial charge in [0.2, 0.25) is 0 Å². The first-order chi connectivity index (χ1) is 16.2. The van der Waals surface area contributed by atoms with E-state index in [0.29, 0.717) is 17.3 Å². The molecule has 0 unspecified atom stereocenters. The van der Waals surface area contributed by atoms with Crippen molar-refractivity contribution in [3.05, 3.63) is 98.9 Å². The Morgan fingerprint density at radius 1 is 1.06 bits per heavy atom. The molecule has 1 fully saturated rings. The number of alkyl halides is 3. The van der Waals surface area contributed by atoms with E-state index in [1.54, 1.807) is 18.2 Å². The molecule has 9 heteroatoms. The maximum absolute atomic E-state index is 13.1. The summed E-state index contributed by atoms with van der Waals surface area (Å²) < 4.78 is 45.0. The van der Waals surface area contributed by atoms with Crippen LogP contribution in [0.5, 0.6) is 5.75 Å². The third-order valence-electron chi connectivity index (χ3n) is 4.84. The molecule has 0 bridgehead atoms. The van der Waals surface area contributed by atoms with Crippen molar-refractivity contribution in [3.8, 4) is 5.75 Å². The zero-order valence-electron chi connectivity index (χ0n) is 17.8. The van der Waals surface area contributed by atoms with Crippen LogP contribution in [0.4, 0.5) is 18.9 Å². The topological polar surface area (TPSA) is 50.7 Å². The molecule has 174 valence electrons. The highest BCUT2D eigenvalue weighted by Crippen LogP contribution is 2.37. The van der Waals surface area contributed by atoms with Crippen LogP contribution in [0.15, 0.2) is 76.6 Å². The van der Waals surface area contributed by atoms with E-state index in [4.69, 9.17) is 16.3 Å². The van der Waals surface area contributed by atoms with E-state index in [-0.39, 0.29) is 16.8 Å². The average Bonchev–Trinajstić information content (AvgIpc) is 3.13. The van der Waals surface area contributed by atoms with Gasteiger partial charge in [-0.1, -0.05) is 53.6 Å². The molecule has 0 saturated carbocycles. The molecule has 3 aromatic carbocycles. The molecule has 1 heterocycles. The lowest BCUT2D eigenvalue weighted by atomic mass is 10.1. The van der Waals surface area contributed by atoms with Gasteiger partial charge in [-0.25, -0.2) is 4.99 Å². The Kier molecular flexibility index (Phi) is 7.00. The fraction of sp³-hybridized carbons (Fsp3) is 0.120. The molecule has 0 aliphatic carbocycles. The average molecular weight is 503 g/mol. The smallest absolute Gasteiger partial charge is 0.417 e. The molecule has 0 spiro atoms. The third kappa shape index (κ3) is 6.01. The van der Waals surface area contributed by atoms with Crippen molar-refractivity contribution in [2.75, 3.05) is 0 Å². The molecule has 0 radical (unpaired) electrons. The molecule has 0 aromatic heterocycles. The zero-order valence-corrected chi connectivity index (χ0v) is 19.4. The lowest BCUT2D eigenvalue weighted by Crippen LogP contribution is -2.19. The number of aliphatic imine (C=N–C) groups is 1. The van der Waals surface area contributed by atoms with Crippen LogP contribution < -0.4 is 10.1 Å². The van der Waals surface area contributed by atoms with Crippen molar-refractivity contribution in [2.45, 2.75) is 19.7 Å². The summed E-state index contributed by atoms with van der Waals surface area (Å²) in [6.45, 7) is 2.47. The maximum atomic E-state index is 13.1. The predicted octanol–water partition coefficient (Wildman–Crippen LogP) is 7.14. The van der Waals surface area contributed by atoms with Crippen LogP contribution in [0, 0.1) is 6.92 Å². The first kappa shape index (κ1) is 23.9. The minimum absolute atomic E-state index is 0.0378. The van der Waals surface area contributed by atoms with Crippen LogP contribution >= 0.6 is 23.4 Å². The van der Waals surface area contributed by atoms with Gasteiger partial charge in [0.05, 0.1) is 21.2 Å². The molecule has 1 N–H and O–H groups in total. The minimum atomic E-state index is -4.60. The molecule has 1 aliphatic rings. The van der Waals surface area contributed by atoms with Crippen molar-refractivity contribution < 1.29 is 22.7 Å². The second kappa shape index (κ2) is 9.95. The molecule has 1 amide bonds. The van der Waals surface area contributed by atoms with E-state index in [2.05, 4.69) is 10.3 Å². The summed E-state index contributed by atoms with van der Waals surface area (Å²) in [4.78, 5) is 16.8. The Bertz CT molecular complexity index is 1270. The summed E-state index contributed by atoms with van der Waals surface area (Å²) in [5.41, 5.74) is 2.07. The number of aryl methyl sites for hydroxylation is 1. The Morgan fingerprint density at radius 2 is 1.76 bits per heavy atom. The molecule has 0 atom stereocenters. The number of ether oxygens (including phenoxy) is 1. The fourth-order valence-corrected chi connectivity index (χ4v) is 4.13. The van der Waals surface area contributed by atoms with Crippen molar-refractivity contribution in [2.24, 2.45) is 4.99 Å². The van der Waals surface area contributed by atoms with Crippen LogP contribution in [-0.2, 0) is 17.6 Å². The van der Waals surface area contributed by atoms with Gasteiger partial charge >= 0.3 is 6.18 Å². The van der Waals surface area contributed by atoms with Crippen LogP contribution in [0.1, 0.15) is 22.3 Å². The SMILES string of the molecule is Cc1ccc(COc2ccc(C=C3SC(=Nc4ccc(Cl)c(C(F)(F)F)c4)NC3=O)cc2)cc1. The fourth-order valence-electron chi connectivity index (χ4n) is 3.06. The molecule has 34 heavy (non-hydrogen) atoms. The number of carbonyl (C=O) groups excluding carboxylic acids is 1. The molecule has 1 aliphatic heterocycles. The lowest BCUT2D eigenvalue weighted by Gasteiger charge is -2.09. The number of carbonyl (C=O) groups is 1. The summed E-state index contributed by atoms with van der Waals surface area (Å²) in [6.07, 6.45) is -2.92. The van der Waals surface area contributed by atoms with E-state index in [0.717, 1.165) is 35.0 Å². The number of thioether (sulfide) groups is 1. The highest BCUT2D eigenvalue weighted by atomic mass is 35.5. The maximum Gasteiger partial charge on any atom is 0.417 e. The van der Waals surface area contributed by atoms with Gasteiger partial charge in [0, 0.05) is 0 Å². The third-order valence-corrected chi connectivity index (χ3v) is 6.08. The first-order valence-corrected chi connectivity index (χ1v) is 11.3. The standard InChI is InChI=1S/C25H18ClF3N2O2S/c1-15-2-4-17(5-3-15)14-33-19-9-6-16(7-10-19)12-22-23(32)31-24(34-22)30-18-8-11-21(26)20(13-18)25(27,28)29/h2-13H,14H2,1H3,(H,30,31,32). The van der Waals surface area contributed by atoms with Crippen LogP contribution in [0.2, 0.25) is 5.02 Å². The molecular formula is C25H18ClF3N2O2S. The Labute approximate surface area is 203 Å². The molecule has 4 nitrogen and oxygen atoms in total. The quantitative estimate of drug-likeness (QED) is 0.377. The Morgan fingerprint density at radius 3 is 2.44 bits per heavy atom. The number of hydrogen-bond donors (Lipinski definition) is 1. The van der Waals surface area contributed by atoms with E-state index < -0.39 is 16.8 Å². The van der Waals surface area contributed by atoms with Gasteiger partial charge in [0.15, 0.2) is 5.17 Å². The summed E-state index contributed by atoms with van der Waals surface area (Å²) in [5.74, 6) is 0.310. The van der Waals surface area contributed by atoms with Crippen LogP contribution in [0.25, 0.3) is 6.08 Å². The number of rotatable bonds is 5. The van der Waals surface area contributed by atoms with E-state index in [9.17, 15) is 18.0 Å². The van der Waals surface area contributed by atoms with Gasteiger partial charge in [0.1, 0.15) is 12.4 Å². The summed E-state index contributed by atoms with van der Waals surface area (Å²) in [7, 11) is 0. The van der Waals surface area contributed by atoms with Crippen LogP contribution in [-0.4, -0.2) is 11.1 Å². The number of halogens is 4. The second-order valence-electron chi connectivity index (χ2n) is 7.49. The Hall–Kier alpha value is -3.23. The van der Waals surface area contributed by atoms with Crippen molar-refractivity contribution in [1.29, 1.82) is 0 Å². The number of hydrogen-bond acceptors (Lipinski definition) is 4. The summed E-state index contributed by atoms with van der Waals surface area (Å²) in [6, 6.07) is 18.6. The predicted molar refractivity (Wildman–Crippen MR) is 129 cm³/mol. The number of nitrogens with one attached hydrogen (secondary N) is 1. The normalized spacial score (nSPS) is 16.2. The van der Waals surface area contributed by atoms with E-state index >= 15 is 0 Å². The minimum Gasteiger partial charge on any atom is -0.489 e. The van der Waals surface area contributed by atoms with Gasteiger partial charge in [0.25, 0.3) is 5.91 Å². The van der Waals surface area contributed by atoms with E-state index in [1.165, 1.54) is 11.6 Å². The first-order valence-electron chi connectivity index (χ1n) is 10.1. The monoisotopic (exact) mass is 502 g/mol. The highest BCUT2D eigenvalue weighted by molar-refractivity contribution is 8.18. The van der Waals surface area contributed by atoms with Crippen molar-refractivity contribution in [1.82, 2.24) is 5.32 Å². The Balaban J connectivity index is 1.43. The zero-order chi connectivity index (χ0) is 24.3. The van der Waals surface area contributed by atoms with Gasteiger partial charge < -0.3 is 10.1 Å². The number of nitrogens with zero attached hydrogens (tertiary/aromatic N) is 1. The van der Waals surface area contributed by atoms with Gasteiger partial charge in [-0.3, -0.25) is 4.79 Å². The van der Waals surface area contributed by atoms with Gasteiger partial charge in [-0.2, -0.15) is 13.2 Å². The molecule has 4 rings (SSSR count). The van der Waals surface area contributed by atoms with Crippen molar-refractivity contribution >= 4 is 46.2 Å². The van der Waals surface area contributed by atoms with Gasteiger partial charge in [-0.15, -0.1) is 0 Å². The molecule has 1 saturated heterocycles. The van der Waals surface area contributed by atoms with Crippen molar-refractivity contribution in [3.63, 3.8) is 0 Å². The summed E-state index contributed by atoms with van der Waals surface area (Å²) >= 11 is 6.68. The number of amides is 1. The number of amidine groups is 1.